The van der Waals surface area contributed by atoms with Gasteiger partial charge in [0.2, 0.25) is 0 Å². The Hall–Kier alpha value is -1.72. The van der Waals surface area contributed by atoms with E-state index < -0.39 is 5.97 Å². The highest BCUT2D eigenvalue weighted by molar-refractivity contribution is 5.91. The van der Waals surface area contributed by atoms with Crippen LogP contribution in [-0.2, 0) is 6.54 Å². The normalized spacial score (nSPS) is 10.1. The smallest absolute Gasteiger partial charge is 0.356 e. The summed E-state index contributed by atoms with van der Waals surface area (Å²) in [6, 6.07) is 0.238. The molecule has 0 aliphatic carbocycles. The maximum Gasteiger partial charge on any atom is 0.356 e. The van der Waals surface area contributed by atoms with Crippen LogP contribution in [0.25, 0.3) is 0 Å². The molecule has 78 valence electrons. The van der Waals surface area contributed by atoms with E-state index in [4.69, 9.17) is 15.6 Å². The molecule has 6 nitrogen and oxygen atoms in total. The lowest BCUT2D eigenvalue weighted by atomic mass is 10.4. The molecular formula is C8H13N3O3. The monoisotopic (exact) mass is 199 g/mol. The topological polar surface area (TPSA) is 90.4 Å². The number of hydrogen-bond acceptors (Lipinski definition) is 4. The third-order valence-corrected chi connectivity index (χ3v) is 1.79. The molecule has 1 heterocycles. The van der Waals surface area contributed by atoms with Gasteiger partial charge in [-0.05, 0) is 6.42 Å². The van der Waals surface area contributed by atoms with Crippen molar-refractivity contribution in [3.63, 3.8) is 0 Å². The summed E-state index contributed by atoms with van der Waals surface area (Å²) in [5.74, 6) is -1.10. The first-order chi connectivity index (χ1) is 6.61. The molecule has 1 rings (SSSR count). The number of imidazole rings is 1. The van der Waals surface area contributed by atoms with Crippen LogP contribution in [-0.4, -0.2) is 27.7 Å². The lowest BCUT2D eigenvalue weighted by Crippen LogP contribution is -2.11. The number of carboxylic acids is 1. The molecule has 0 aliphatic rings. The molecular weight excluding hydrogens is 186 g/mol. The molecule has 0 bridgehead atoms. The Kier molecular flexibility index (Phi) is 2.95. The van der Waals surface area contributed by atoms with E-state index in [0.29, 0.717) is 6.54 Å². The van der Waals surface area contributed by atoms with Crippen molar-refractivity contribution >= 4 is 11.8 Å². The fourth-order valence-electron chi connectivity index (χ4n) is 1.26. The van der Waals surface area contributed by atoms with Crippen molar-refractivity contribution in [3.05, 3.63) is 5.69 Å². The number of nitrogen functional groups attached to an aromatic ring is 1. The van der Waals surface area contributed by atoms with E-state index in [9.17, 15) is 4.79 Å². The van der Waals surface area contributed by atoms with Crippen LogP contribution >= 0.6 is 0 Å². The number of rotatable bonds is 4. The molecule has 1 aromatic rings. The lowest BCUT2D eigenvalue weighted by Gasteiger charge is -2.05. The van der Waals surface area contributed by atoms with E-state index >= 15 is 0 Å². The average molecular weight is 199 g/mol. The number of methoxy groups -OCH3 is 1. The van der Waals surface area contributed by atoms with Gasteiger partial charge in [-0.3, -0.25) is 4.57 Å². The van der Waals surface area contributed by atoms with Gasteiger partial charge in [0.25, 0.3) is 6.01 Å². The number of nitrogens with zero attached hydrogens (tertiary/aromatic N) is 2. The van der Waals surface area contributed by atoms with E-state index in [2.05, 4.69) is 4.98 Å². The quantitative estimate of drug-likeness (QED) is 0.740. The van der Waals surface area contributed by atoms with E-state index in [-0.39, 0.29) is 17.5 Å². The standard InChI is InChI=1S/C8H13N3O3/c1-3-4-11-5(7(12)13)6(9)10-8(11)14-2/h3-4,9H2,1-2H3,(H,12,13). The first-order valence-electron chi connectivity index (χ1n) is 4.25. The summed E-state index contributed by atoms with van der Waals surface area (Å²) in [6.45, 7) is 2.45. The van der Waals surface area contributed by atoms with Crippen molar-refractivity contribution in [2.75, 3.05) is 12.8 Å². The van der Waals surface area contributed by atoms with Crippen molar-refractivity contribution in [1.29, 1.82) is 0 Å². The Bertz CT molecular complexity index is 346. The minimum Gasteiger partial charge on any atom is -0.476 e. The molecule has 6 heteroatoms. The van der Waals surface area contributed by atoms with Crippen LogP contribution in [0.15, 0.2) is 0 Å². The van der Waals surface area contributed by atoms with Gasteiger partial charge in [-0.2, -0.15) is 4.98 Å². The first kappa shape index (κ1) is 10.4. The summed E-state index contributed by atoms with van der Waals surface area (Å²) >= 11 is 0. The summed E-state index contributed by atoms with van der Waals surface area (Å²) in [5, 5.41) is 8.89. The lowest BCUT2D eigenvalue weighted by molar-refractivity contribution is 0.0685. The van der Waals surface area contributed by atoms with Gasteiger partial charge in [-0.15, -0.1) is 0 Å². The largest absolute Gasteiger partial charge is 0.476 e. The molecule has 0 saturated carbocycles. The number of carbonyl (C=O) groups is 1. The van der Waals surface area contributed by atoms with E-state index in [1.807, 2.05) is 6.92 Å². The predicted octanol–water partition coefficient (Wildman–Crippen LogP) is 0.582. The number of aromatic nitrogens is 2. The Labute approximate surface area is 81.3 Å². The SMILES string of the molecule is CCCn1c(OC)nc(N)c1C(=O)O. The van der Waals surface area contributed by atoms with Crippen LogP contribution < -0.4 is 10.5 Å². The van der Waals surface area contributed by atoms with Crippen LogP contribution in [0.1, 0.15) is 23.8 Å². The Morgan fingerprint density at radius 2 is 2.36 bits per heavy atom. The second-order valence-electron chi connectivity index (χ2n) is 2.79. The Balaban J connectivity index is 3.23. The fraction of sp³-hybridized carbons (Fsp3) is 0.500. The summed E-state index contributed by atoms with van der Waals surface area (Å²) in [5.41, 5.74) is 5.45. The van der Waals surface area contributed by atoms with E-state index in [1.165, 1.54) is 11.7 Å². The van der Waals surface area contributed by atoms with Crippen LogP contribution in [0.3, 0.4) is 0 Å². The highest BCUT2D eigenvalue weighted by Gasteiger charge is 2.20. The molecule has 1 aromatic heterocycles. The van der Waals surface area contributed by atoms with Crippen LogP contribution in [0.5, 0.6) is 6.01 Å². The molecule has 0 aromatic carbocycles. The molecule has 3 N–H and O–H groups in total. The van der Waals surface area contributed by atoms with Crippen LogP contribution in [0.4, 0.5) is 5.82 Å². The molecule has 0 aliphatic heterocycles. The van der Waals surface area contributed by atoms with Gasteiger partial charge in [-0.1, -0.05) is 6.92 Å². The number of anilines is 1. The first-order valence-corrected chi connectivity index (χ1v) is 4.25. The van der Waals surface area contributed by atoms with Gasteiger partial charge in [0.15, 0.2) is 11.5 Å². The van der Waals surface area contributed by atoms with Gasteiger partial charge in [0, 0.05) is 6.54 Å². The molecule has 14 heavy (non-hydrogen) atoms. The van der Waals surface area contributed by atoms with E-state index in [0.717, 1.165) is 6.42 Å². The summed E-state index contributed by atoms with van der Waals surface area (Å²) in [4.78, 5) is 14.7. The highest BCUT2D eigenvalue weighted by Crippen LogP contribution is 2.20. The summed E-state index contributed by atoms with van der Waals surface area (Å²) in [6.07, 6.45) is 0.784. The van der Waals surface area contributed by atoms with Gasteiger partial charge in [0.1, 0.15) is 0 Å². The molecule has 0 saturated heterocycles. The van der Waals surface area contributed by atoms with Gasteiger partial charge in [0.05, 0.1) is 7.11 Å². The zero-order chi connectivity index (χ0) is 10.7. The maximum atomic E-state index is 10.9. The van der Waals surface area contributed by atoms with Gasteiger partial charge < -0.3 is 15.6 Å². The Morgan fingerprint density at radius 3 is 2.79 bits per heavy atom. The van der Waals surface area contributed by atoms with Crippen molar-refractivity contribution in [2.24, 2.45) is 0 Å². The highest BCUT2D eigenvalue weighted by atomic mass is 16.5. The predicted molar refractivity (Wildman–Crippen MR) is 50.4 cm³/mol. The summed E-state index contributed by atoms with van der Waals surface area (Å²) in [7, 11) is 1.43. The Morgan fingerprint density at radius 1 is 1.71 bits per heavy atom. The number of ether oxygens (including phenoxy) is 1. The summed E-state index contributed by atoms with van der Waals surface area (Å²) < 4.78 is 6.37. The van der Waals surface area contributed by atoms with Crippen molar-refractivity contribution < 1.29 is 14.6 Å². The third kappa shape index (κ3) is 1.63. The van der Waals surface area contributed by atoms with Gasteiger partial charge in [-0.25, -0.2) is 4.79 Å². The molecule has 0 radical (unpaired) electrons. The van der Waals surface area contributed by atoms with Crippen LogP contribution in [0.2, 0.25) is 0 Å². The molecule has 0 atom stereocenters. The number of hydrogen-bond donors (Lipinski definition) is 2. The zero-order valence-electron chi connectivity index (χ0n) is 8.15. The van der Waals surface area contributed by atoms with E-state index in [1.54, 1.807) is 0 Å². The van der Waals surface area contributed by atoms with Crippen molar-refractivity contribution in [1.82, 2.24) is 9.55 Å². The number of nitrogens with two attached hydrogens (primary N) is 1. The molecule has 0 fully saturated rings. The van der Waals surface area contributed by atoms with Crippen molar-refractivity contribution in [3.8, 4) is 6.01 Å². The molecule has 0 unspecified atom stereocenters. The second-order valence-corrected chi connectivity index (χ2v) is 2.79. The average Bonchev–Trinajstić information content (AvgIpc) is 2.43. The number of carboxylic acid groups (broad SMARTS) is 1. The third-order valence-electron chi connectivity index (χ3n) is 1.79. The van der Waals surface area contributed by atoms with Crippen LogP contribution in [0, 0.1) is 0 Å². The second kappa shape index (κ2) is 3.99. The minimum absolute atomic E-state index is 0.0105. The molecule has 0 spiro atoms. The maximum absolute atomic E-state index is 10.9. The molecule has 0 amide bonds. The van der Waals surface area contributed by atoms with Crippen molar-refractivity contribution in [2.45, 2.75) is 19.9 Å². The minimum atomic E-state index is -1.09. The van der Waals surface area contributed by atoms with Gasteiger partial charge >= 0.3 is 5.97 Å². The fourth-order valence-corrected chi connectivity index (χ4v) is 1.26. The number of aromatic carboxylic acids is 1. The zero-order valence-corrected chi connectivity index (χ0v) is 8.15.